The SMILES string of the molecule is O=C(Nc1cnoc1)[C@@H]1CCCCN1. The second-order valence-corrected chi connectivity index (χ2v) is 3.40. The van der Waals surface area contributed by atoms with Gasteiger partial charge in [-0.3, -0.25) is 4.79 Å². The van der Waals surface area contributed by atoms with Gasteiger partial charge in [0.2, 0.25) is 5.91 Å². The number of carbonyl (C=O) groups is 1. The van der Waals surface area contributed by atoms with Gasteiger partial charge in [-0.2, -0.15) is 0 Å². The first-order valence-corrected chi connectivity index (χ1v) is 4.80. The van der Waals surface area contributed by atoms with Crippen molar-refractivity contribution in [3.8, 4) is 0 Å². The Bertz CT molecular complexity index is 291. The monoisotopic (exact) mass is 195 g/mol. The molecular formula is C9H13N3O2. The minimum Gasteiger partial charge on any atom is -0.363 e. The van der Waals surface area contributed by atoms with Gasteiger partial charge in [0.15, 0.2) is 0 Å². The van der Waals surface area contributed by atoms with E-state index in [2.05, 4.69) is 20.3 Å². The minimum absolute atomic E-state index is 0.00657. The van der Waals surface area contributed by atoms with Crippen LogP contribution >= 0.6 is 0 Å². The van der Waals surface area contributed by atoms with Crippen LogP contribution < -0.4 is 10.6 Å². The Morgan fingerprint density at radius 1 is 1.64 bits per heavy atom. The predicted molar refractivity (Wildman–Crippen MR) is 50.8 cm³/mol. The molecule has 1 aliphatic heterocycles. The third kappa shape index (κ3) is 2.11. The molecule has 1 saturated heterocycles. The van der Waals surface area contributed by atoms with Crippen LogP contribution in [0.2, 0.25) is 0 Å². The number of hydrogen-bond acceptors (Lipinski definition) is 4. The lowest BCUT2D eigenvalue weighted by atomic mass is 10.0. The highest BCUT2D eigenvalue weighted by Gasteiger charge is 2.20. The van der Waals surface area contributed by atoms with Gasteiger partial charge in [0.25, 0.3) is 0 Å². The highest BCUT2D eigenvalue weighted by Crippen LogP contribution is 2.10. The Morgan fingerprint density at radius 2 is 2.57 bits per heavy atom. The Hall–Kier alpha value is -1.36. The number of aromatic nitrogens is 1. The Balaban J connectivity index is 1.88. The molecule has 0 aliphatic carbocycles. The van der Waals surface area contributed by atoms with Gasteiger partial charge >= 0.3 is 0 Å². The second kappa shape index (κ2) is 4.23. The summed E-state index contributed by atoms with van der Waals surface area (Å²) in [5, 5.41) is 9.41. The quantitative estimate of drug-likeness (QED) is 0.731. The molecule has 2 rings (SSSR count). The molecule has 1 fully saturated rings. The van der Waals surface area contributed by atoms with Crippen LogP contribution in [0, 0.1) is 0 Å². The molecule has 0 spiro atoms. The summed E-state index contributed by atoms with van der Waals surface area (Å²) < 4.78 is 4.62. The van der Waals surface area contributed by atoms with E-state index in [4.69, 9.17) is 0 Å². The largest absolute Gasteiger partial charge is 0.363 e. The normalized spacial score (nSPS) is 21.9. The average molecular weight is 195 g/mol. The van der Waals surface area contributed by atoms with Crippen molar-refractivity contribution >= 4 is 11.6 Å². The van der Waals surface area contributed by atoms with Gasteiger partial charge in [0, 0.05) is 0 Å². The van der Waals surface area contributed by atoms with Gasteiger partial charge in [-0.1, -0.05) is 11.6 Å². The van der Waals surface area contributed by atoms with E-state index in [1.54, 1.807) is 0 Å². The maximum atomic E-state index is 11.6. The molecule has 5 heteroatoms. The summed E-state index contributed by atoms with van der Waals surface area (Å²) in [7, 11) is 0. The van der Waals surface area contributed by atoms with Crippen molar-refractivity contribution in [1.29, 1.82) is 0 Å². The van der Waals surface area contributed by atoms with Crippen LogP contribution in [0.3, 0.4) is 0 Å². The predicted octanol–water partition coefficient (Wildman–Crippen LogP) is 0.755. The van der Waals surface area contributed by atoms with Crippen molar-refractivity contribution in [3.05, 3.63) is 12.5 Å². The molecule has 1 aliphatic rings. The summed E-state index contributed by atoms with van der Waals surface area (Å²) in [5.41, 5.74) is 0.613. The molecule has 14 heavy (non-hydrogen) atoms. The molecule has 0 aromatic carbocycles. The van der Waals surface area contributed by atoms with Crippen LogP contribution in [0.15, 0.2) is 17.0 Å². The van der Waals surface area contributed by atoms with Crippen molar-refractivity contribution in [1.82, 2.24) is 10.5 Å². The molecule has 1 aromatic heterocycles. The Labute approximate surface area is 81.8 Å². The summed E-state index contributed by atoms with van der Waals surface area (Å²) in [6, 6.07) is -0.0707. The van der Waals surface area contributed by atoms with Gasteiger partial charge < -0.3 is 15.2 Å². The fourth-order valence-corrected chi connectivity index (χ4v) is 1.57. The van der Waals surface area contributed by atoms with Crippen molar-refractivity contribution in [3.63, 3.8) is 0 Å². The summed E-state index contributed by atoms with van der Waals surface area (Å²) in [4.78, 5) is 11.6. The molecule has 0 saturated carbocycles. The number of nitrogens with zero attached hydrogens (tertiary/aromatic N) is 1. The molecule has 0 unspecified atom stereocenters. The molecule has 2 heterocycles. The van der Waals surface area contributed by atoms with E-state index in [-0.39, 0.29) is 11.9 Å². The van der Waals surface area contributed by atoms with Crippen LogP contribution in [0.1, 0.15) is 19.3 Å². The number of amides is 1. The van der Waals surface area contributed by atoms with Gasteiger partial charge in [-0.05, 0) is 19.4 Å². The van der Waals surface area contributed by atoms with Crippen molar-refractivity contribution in [2.45, 2.75) is 25.3 Å². The smallest absolute Gasteiger partial charge is 0.241 e. The fourth-order valence-electron chi connectivity index (χ4n) is 1.57. The standard InChI is InChI=1S/C9H13N3O2/c13-9(8-3-1-2-4-10-8)12-7-5-11-14-6-7/h5-6,8,10H,1-4H2,(H,12,13)/t8-/m0/s1. The lowest BCUT2D eigenvalue weighted by molar-refractivity contribution is -0.118. The number of nitrogens with one attached hydrogen (secondary N) is 2. The summed E-state index contributed by atoms with van der Waals surface area (Å²) in [6.07, 6.45) is 6.06. The molecule has 76 valence electrons. The third-order valence-corrected chi connectivity index (χ3v) is 2.33. The van der Waals surface area contributed by atoms with Gasteiger partial charge in [0.05, 0.1) is 12.2 Å². The Morgan fingerprint density at radius 3 is 3.21 bits per heavy atom. The molecule has 1 atom stereocenters. The molecule has 1 aromatic rings. The highest BCUT2D eigenvalue weighted by atomic mass is 16.5. The summed E-state index contributed by atoms with van der Waals surface area (Å²) in [6.45, 7) is 0.918. The van der Waals surface area contributed by atoms with E-state index in [0.29, 0.717) is 5.69 Å². The maximum Gasteiger partial charge on any atom is 0.241 e. The van der Waals surface area contributed by atoms with E-state index in [1.165, 1.54) is 12.5 Å². The third-order valence-electron chi connectivity index (χ3n) is 2.33. The average Bonchev–Trinajstić information content (AvgIpc) is 2.72. The van der Waals surface area contributed by atoms with E-state index >= 15 is 0 Å². The first-order valence-electron chi connectivity index (χ1n) is 4.80. The number of anilines is 1. The van der Waals surface area contributed by atoms with Gasteiger partial charge in [-0.25, -0.2) is 0 Å². The van der Waals surface area contributed by atoms with Gasteiger partial charge in [-0.15, -0.1) is 0 Å². The number of rotatable bonds is 2. The fraction of sp³-hybridized carbons (Fsp3) is 0.556. The summed E-state index contributed by atoms with van der Waals surface area (Å²) >= 11 is 0. The minimum atomic E-state index is -0.0707. The van der Waals surface area contributed by atoms with Crippen LogP contribution in [-0.2, 0) is 4.79 Å². The van der Waals surface area contributed by atoms with Crippen LogP contribution in [-0.4, -0.2) is 23.7 Å². The van der Waals surface area contributed by atoms with E-state index < -0.39 is 0 Å². The summed E-state index contributed by atoms with van der Waals surface area (Å²) in [5.74, 6) is -0.00657. The van der Waals surface area contributed by atoms with Crippen molar-refractivity contribution in [2.75, 3.05) is 11.9 Å². The molecule has 0 radical (unpaired) electrons. The zero-order chi connectivity index (χ0) is 9.80. The van der Waals surface area contributed by atoms with E-state index in [0.717, 1.165) is 25.8 Å². The van der Waals surface area contributed by atoms with Crippen molar-refractivity contribution in [2.24, 2.45) is 0 Å². The first kappa shape index (κ1) is 9.21. The molecule has 2 N–H and O–H groups in total. The molecule has 0 bridgehead atoms. The number of hydrogen-bond donors (Lipinski definition) is 2. The lowest BCUT2D eigenvalue weighted by Gasteiger charge is -2.21. The lowest BCUT2D eigenvalue weighted by Crippen LogP contribution is -2.43. The topological polar surface area (TPSA) is 67.2 Å². The molecular weight excluding hydrogens is 182 g/mol. The highest BCUT2D eigenvalue weighted by molar-refractivity contribution is 5.94. The molecule has 5 nitrogen and oxygen atoms in total. The van der Waals surface area contributed by atoms with Crippen LogP contribution in [0.5, 0.6) is 0 Å². The number of carbonyl (C=O) groups excluding carboxylic acids is 1. The number of piperidine rings is 1. The van der Waals surface area contributed by atoms with Crippen LogP contribution in [0.25, 0.3) is 0 Å². The molecule has 1 amide bonds. The van der Waals surface area contributed by atoms with Gasteiger partial charge in [0.1, 0.15) is 12.0 Å². The van der Waals surface area contributed by atoms with E-state index in [9.17, 15) is 4.79 Å². The second-order valence-electron chi connectivity index (χ2n) is 3.40. The van der Waals surface area contributed by atoms with Crippen LogP contribution in [0.4, 0.5) is 5.69 Å². The zero-order valence-corrected chi connectivity index (χ0v) is 7.82. The van der Waals surface area contributed by atoms with E-state index in [1.807, 2.05) is 0 Å². The Kier molecular flexibility index (Phi) is 2.78. The first-order chi connectivity index (χ1) is 6.86. The maximum absolute atomic E-state index is 11.6. The van der Waals surface area contributed by atoms with Crippen molar-refractivity contribution < 1.29 is 9.32 Å². The zero-order valence-electron chi connectivity index (χ0n) is 7.82.